The van der Waals surface area contributed by atoms with Crippen LogP contribution in [-0.4, -0.2) is 53.7 Å². The summed E-state index contributed by atoms with van der Waals surface area (Å²) in [6, 6.07) is 10.1. The number of aliphatic imine (C=N–C) groups is 1. The van der Waals surface area contributed by atoms with E-state index in [1.807, 2.05) is 18.2 Å². The fraction of sp³-hybridized carbons (Fsp3) is 0.600. The summed E-state index contributed by atoms with van der Waals surface area (Å²) in [5.74, 6) is 0.411. The van der Waals surface area contributed by atoms with E-state index in [-0.39, 0.29) is 34.6 Å². The lowest BCUT2D eigenvalue weighted by Gasteiger charge is -2.25. The first-order chi connectivity index (χ1) is 13.0. The van der Waals surface area contributed by atoms with Gasteiger partial charge >= 0.3 is 0 Å². The molecule has 0 unspecified atom stereocenters. The Morgan fingerprint density at radius 2 is 1.85 bits per heavy atom. The summed E-state index contributed by atoms with van der Waals surface area (Å²) < 4.78 is 24.2. The van der Waals surface area contributed by atoms with Crippen molar-refractivity contribution in [1.82, 2.24) is 4.90 Å². The minimum Gasteiger partial charge on any atom is -0.346 e. The van der Waals surface area contributed by atoms with Crippen molar-refractivity contribution in [3.8, 4) is 0 Å². The predicted molar refractivity (Wildman–Crippen MR) is 110 cm³/mol. The van der Waals surface area contributed by atoms with Gasteiger partial charge in [-0.2, -0.15) is 4.99 Å². The fourth-order valence-electron chi connectivity index (χ4n) is 4.33. The summed E-state index contributed by atoms with van der Waals surface area (Å²) in [7, 11) is -3.00. The molecule has 0 bridgehead atoms. The molecule has 1 aromatic rings. The van der Waals surface area contributed by atoms with E-state index in [1.165, 1.54) is 23.7 Å². The Balaban J connectivity index is 1.52. The zero-order valence-corrected chi connectivity index (χ0v) is 17.1. The summed E-state index contributed by atoms with van der Waals surface area (Å²) in [6.45, 7) is 0.699. The van der Waals surface area contributed by atoms with Crippen LogP contribution in [0.2, 0.25) is 0 Å². The van der Waals surface area contributed by atoms with Gasteiger partial charge in [0.2, 0.25) is 0 Å². The Kier molecular flexibility index (Phi) is 5.60. The van der Waals surface area contributed by atoms with Crippen molar-refractivity contribution < 1.29 is 13.2 Å². The highest BCUT2D eigenvalue weighted by atomic mass is 32.2. The fourth-order valence-corrected chi connectivity index (χ4v) is 8.31. The van der Waals surface area contributed by atoms with Gasteiger partial charge in [-0.25, -0.2) is 8.42 Å². The van der Waals surface area contributed by atoms with Crippen LogP contribution in [0.3, 0.4) is 0 Å². The predicted octanol–water partition coefficient (Wildman–Crippen LogP) is 2.91. The normalized spacial score (nSPS) is 29.2. The maximum atomic E-state index is 12.7. The highest BCUT2D eigenvalue weighted by molar-refractivity contribution is 8.15. The third-order valence-corrected chi connectivity index (χ3v) is 9.07. The molecule has 1 aliphatic carbocycles. The molecule has 7 heteroatoms. The minimum atomic E-state index is -3.00. The van der Waals surface area contributed by atoms with Gasteiger partial charge in [0.25, 0.3) is 5.91 Å². The Labute approximate surface area is 165 Å². The van der Waals surface area contributed by atoms with Gasteiger partial charge in [-0.05, 0) is 24.8 Å². The molecule has 1 amide bonds. The molecule has 2 atom stereocenters. The highest BCUT2D eigenvalue weighted by Crippen LogP contribution is 2.38. The number of hydrogen-bond acceptors (Lipinski definition) is 4. The van der Waals surface area contributed by atoms with E-state index in [0.717, 1.165) is 37.3 Å². The van der Waals surface area contributed by atoms with Gasteiger partial charge in [0.1, 0.15) is 0 Å². The zero-order chi connectivity index (χ0) is 18.9. The van der Waals surface area contributed by atoms with Crippen molar-refractivity contribution in [2.75, 3.05) is 18.1 Å². The zero-order valence-electron chi connectivity index (χ0n) is 15.4. The number of fused-ring (bicyclic) bond motifs is 1. The molecule has 27 heavy (non-hydrogen) atoms. The lowest BCUT2D eigenvalue weighted by atomic mass is 9.89. The maximum Gasteiger partial charge on any atom is 0.251 e. The van der Waals surface area contributed by atoms with Crippen LogP contribution in [0.1, 0.15) is 37.7 Å². The monoisotopic (exact) mass is 406 g/mol. The Hall–Kier alpha value is -1.34. The van der Waals surface area contributed by atoms with Crippen molar-refractivity contribution in [3.05, 3.63) is 35.9 Å². The molecule has 0 spiro atoms. The lowest BCUT2D eigenvalue weighted by molar-refractivity contribution is -0.122. The molecule has 0 N–H and O–H groups in total. The summed E-state index contributed by atoms with van der Waals surface area (Å²) in [5.41, 5.74) is 1.21. The molecule has 3 fully saturated rings. The molecule has 4 rings (SSSR count). The second-order valence-electron chi connectivity index (χ2n) is 7.80. The quantitative estimate of drug-likeness (QED) is 0.769. The summed E-state index contributed by atoms with van der Waals surface area (Å²) in [5, 5.41) is 0.745. The largest absolute Gasteiger partial charge is 0.346 e. The highest BCUT2D eigenvalue weighted by Gasteiger charge is 2.48. The van der Waals surface area contributed by atoms with Crippen LogP contribution in [-0.2, 0) is 21.1 Å². The van der Waals surface area contributed by atoms with Crippen LogP contribution in [0, 0.1) is 5.92 Å². The number of carbonyl (C=O) groups excluding carboxylic acids is 1. The second-order valence-corrected chi connectivity index (χ2v) is 11.2. The molecule has 1 aromatic carbocycles. The van der Waals surface area contributed by atoms with Crippen molar-refractivity contribution >= 4 is 32.7 Å². The Morgan fingerprint density at radius 1 is 1.11 bits per heavy atom. The summed E-state index contributed by atoms with van der Waals surface area (Å²) >= 11 is 1.50. The average molecular weight is 407 g/mol. The van der Waals surface area contributed by atoms with Crippen LogP contribution in [0.4, 0.5) is 0 Å². The molecule has 2 saturated heterocycles. The number of benzene rings is 1. The number of nitrogens with zero attached hydrogens (tertiary/aromatic N) is 2. The molecular formula is C20H26N2O3S2. The SMILES string of the molecule is O=C(N=C1S[C@@H]2CS(=O)(=O)C[C@@H]2N1CCc1ccccc1)C1CCCCC1. The number of rotatable bonds is 4. The molecule has 1 saturated carbocycles. The third kappa shape index (κ3) is 4.40. The van der Waals surface area contributed by atoms with Crippen molar-refractivity contribution in [2.45, 2.75) is 49.8 Å². The Bertz CT molecular complexity index is 817. The van der Waals surface area contributed by atoms with Crippen molar-refractivity contribution in [3.63, 3.8) is 0 Å². The van der Waals surface area contributed by atoms with Crippen LogP contribution in [0.25, 0.3) is 0 Å². The first kappa shape index (κ1) is 19.0. The molecule has 0 radical (unpaired) electrons. The second kappa shape index (κ2) is 7.95. The first-order valence-corrected chi connectivity index (χ1v) is 12.5. The standard InChI is InChI=1S/C20H26N2O3S2/c23-19(16-9-5-2-6-10-16)21-20-22(12-11-15-7-3-1-4-8-15)17-13-27(24,25)14-18(17)26-20/h1,3-4,7-8,16-18H,2,5-6,9-14H2/t17-,18+/m0/s1. The number of carbonyl (C=O) groups is 1. The van der Waals surface area contributed by atoms with Crippen LogP contribution < -0.4 is 0 Å². The van der Waals surface area contributed by atoms with Crippen LogP contribution in [0.5, 0.6) is 0 Å². The minimum absolute atomic E-state index is 0.00341. The van der Waals surface area contributed by atoms with Gasteiger partial charge in [-0.1, -0.05) is 61.4 Å². The Morgan fingerprint density at radius 3 is 2.59 bits per heavy atom. The van der Waals surface area contributed by atoms with E-state index in [4.69, 9.17) is 0 Å². The summed E-state index contributed by atoms with van der Waals surface area (Å²) in [6.07, 6.45) is 6.11. The van der Waals surface area contributed by atoms with Gasteiger partial charge in [0.05, 0.1) is 17.5 Å². The number of amides is 1. The van der Waals surface area contributed by atoms with Crippen LogP contribution >= 0.6 is 11.8 Å². The van der Waals surface area contributed by atoms with Gasteiger partial charge < -0.3 is 4.90 Å². The van der Waals surface area contributed by atoms with Gasteiger partial charge in [-0.3, -0.25) is 4.79 Å². The number of amidine groups is 1. The number of thioether (sulfide) groups is 1. The van der Waals surface area contributed by atoms with E-state index in [0.29, 0.717) is 6.54 Å². The maximum absolute atomic E-state index is 12.7. The van der Waals surface area contributed by atoms with E-state index in [2.05, 4.69) is 22.0 Å². The number of hydrogen-bond donors (Lipinski definition) is 0. The van der Waals surface area contributed by atoms with Gasteiger partial charge in [0.15, 0.2) is 15.0 Å². The first-order valence-electron chi connectivity index (χ1n) is 9.82. The molecule has 2 heterocycles. The topological polar surface area (TPSA) is 66.8 Å². The molecule has 0 aromatic heterocycles. The van der Waals surface area contributed by atoms with Crippen LogP contribution in [0.15, 0.2) is 35.3 Å². The van der Waals surface area contributed by atoms with Crippen molar-refractivity contribution in [2.24, 2.45) is 10.9 Å². The van der Waals surface area contributed by atoms with Crippen molar-refractivity contribution in [1.29, 1.82) is 0 Å². The van der Waals surface area contributed by atoms with E-state index in [1.54, 1.807) is 0 Å². The molecule has 2 aliphatic heterocycles. The average Bonchev–Trinajstić information content (AvgIpc) is 3.12. The third-order valence-electron chi connectivity index (χ3n) is 5.82. The smallest absolute Gasteiger partial charge is 0.251 e. The number of sulfone groups is 1. The van der Waals surface area contributed by atoms with Gasteiger partial charge in [0, 0.05) is 17.7 Å². The van der Waals surface area contributed by atoms with Gasteiger partial charge in [-0.15, -0.1) is 0 Å². The summed E-state index contributed by atoms with van der Waals surface area (Å²) in [4.78, 5) is 19.3. The lowest BCUT2D eigenvalue weighted by Crippen LogP contribution is -2.39. The molecule has 5 nitrogen and oxygen atoms in total. The van der Waals surface area contributed by atoms with E-state index >= 15 is 0 Å². The molecule has 146 valence electrons. The van der Waals surface area contributed by atoms with E-state index in [9.17, 15) is 13.2 Å². The van der Waals surface area contributed by atoms with E-state index < -0.39 is 9.84 Å². The molecular weight excluding hydrogens is 380 g/mol. The molecule has 3 aliphatic rings.